The molecule has 0 aliphatic carbocycles. The van der Waals surface area contributed by atoms with E-state index < -0.39 is 0 Å². The molecule has 4 N–H and O–H groups in total. The predicted octanol–water partition coefficient (Wildman–Crippen LogP) is -0.613. The number of rotatable bonds is 3. The molecule has 0 rings (SSSR count). The highest BCUT2D eigenvalue weighted by atomic mass is 16.3. The Labute approximate surface area is 49.2 Å². The summed E-state index contributed by atoms with van der Waals surface area (Å²) in [7, 11) is 0. The van der Waals surface area contributed by atoms with Crippen LogP contribution in [0, 0.1) is 0 Å². The summed E-state index contributed by atoms with van der Waals surface area (Å²) in [5, 5.41) is 11.4. The maximum absolute atomic E-state index is 8.64. The monoisotopic (exact) mass is 116 g/mol. The van der Waals surface area contributed by atoms with Gasteiger partial charge in [-0.2, -0.15) is 0 Å². The molecular formula is C5H12N2O. The van der Waals surface area contributed by atoms with Crippen LogP contribution in [0.15, 0.2) is 12.4 Å². The van der Waals surface area contributed by atoms with Gasteiger partial charge >= 0.3 is 0 Å². The highest BCUT2D eigenvalue weighted by molar-refractivity contribution is 4.72. The third kappa shape index (κ3) is 5.30. The van der Waals surface area contributed by atoms with Crippen molar-refractivity contribution in [2.24, 2.45) is 5.73 Å². The number of aliphatic hydroxyl groups is 1. The number of nitrogens with two attached hydrogens (primary N) is 1. The zero-order chi connectivity index (χ0) is 6.41. The quantitative estimate of drug-likeness (QED) is 0.461. The lowest BCUT2D eigenvalue weighted by molar-refractivity contribution is 0.196. The second-order valence-corrected chi connectivity index (χ2v) is 1.62. The van der Waals surface area contributed by atoms with E-state index in [0.29, 0.717) is 6.54 Å². The minimum Gasteiger partial charge on any atom is -0.403 e. The number of aliphatic hydroxyl groups excluding tert-OH is 1. The van der Waals surface area contributed by atoms with Gasteiger partial charge in [-0.05, 0) is 6.92 Å². The standard InChI is InChI=1S/C5H12N2O/c1-5(8)4-7-3-2-6/h2-3,5,7-8H,4,6H2,1H3. The Morgan fingerprint density at radius 1 is 1.88 bits per heavy atom. The van der Waals surface area contributed by atoms with Crippen LogP contribution in [0.25, 0.3) is 0 Å². The molecule has 48 valence electrons. The largest absolute Gasteiger partial charge is 0.403 e. The minimum absolute atomic E-state index is 0.314. The van der Waals surface area contributed by atoms with E-state index >= 15 is 0 Å². The zero-order valence-corrected chi connectivity index (χ0v) is 4.96. The van der Waals surface area contributed by atoms with Gasteiger partial charge in [-0.25, -0.2) is 0 Å². The summed E-state index contributed by atoms with van der Waals surface area (Å²) in [6, 6.07) is 0. The van der Waals surface area contributed by atoms with E-state index in [4.69, 9.17) is 10.8 Å². The molecule has 0 heterocycles. The van der Waals surface area contributed by atoms with Crippen molar-refractivity contribution in [3.05, 3.63) is 12.4 Å². The molecule has 0 aromatic carbocycles. The fourth-order valence-electron chi connectivity index (χ4n) is 0.307. The summed E-state index contributed by atoms with van der Waals surface area (Å²) < 4.78 is 0. The van der Waals surface area contributed by atoms with Gasteiger partial charge in [-0.15, -0.1) is 0 Å². The Bertz CT molecular complexity index is 70.8. The van der Waals surface area contributed by atoms with E-state index in [2.05, 4.69) is 5.32 Å². The fraction of sp³-hybridized carbons (Fsp3) is 0.600. The summed E-state index contributed by atoms with van der Waals surface area (Å²) in [6.07, 6.45) is 2.67. The molecule has 1 atom stereocenters. The van der Waals surface area contributed by atoms with Crippen molar-refractivity contribution in [2.45, 2.75) is 13.0 Å². The van der Waals surface area contributed by atoms with Gasteiger partial charge in [0.05, 0.1) is 6.10 Å². The van der Waals surface area contributed by atoms with Gasteiger partial charge in [0, 0.05) is 18.9 Å². The van der Waals surface area contributed by atoms with Crippen LogP contribution in [0.4, 0.5) is 0 Å². The average molecular weight is 116 g/mol. The smallest absolute Gasteiger partial charge is 0.0684 e. The van der Waals surface area contributed by atoms with Crippen molar-refractivity contribution >= 4 is 0 Å². The normalized spacial score (nSPS) is 14.2. The van der Waals surface area contributed by atoms with Crippen LogP contribution in [-0.2, 0) is 0 Å². The molecule has 0 aliphatic heterocycles. The molecule has 3 heteroatoms. The lowest BCUT2D eigenvalue weighted by Crippen LogP contribution is -2.19. The SMILES string of the molecule is CC(O)CNC=CN. The third-order valence-corrected chi connectivity index (χ3v) is 0.627. The topological polar surface area (TPSA) is 58.3 Å². The van der Waals surface area contributed by atoms with Crippen LogP contribution >= 0.6 is 0 Å². The van der Waals surface area contributed by atoms with Gasteiger partial charge in [0.1, 0.15) is 0 Å². The third-order valence-electron chi connectivity index (χ3n) is 0.627. The van der Waals surface area contributed by atoms with Gasteiger partial charge in [0.2, 0.25) is 0 Å². The van der Waals surface area contributed by atoms with Crippen molar-refractivity contribution in [2.75, 3.05) is 6.54 Å². The summed E-state index contributed by atoms with van der Waals surface area (Å²) >= 11 is 0. The Balaban J connectivity index is 2.93. The molecule has 1 unspecified atom stereocenters. The lowest BCUT2D eigenvalue weighted by atomic mass is 10.4. The van der Waals surface area contributed by atoms with Crippen molar-refractivity contribution in [1.29, 1.82) is 0 Å². The van der Waals surface area contributed by atoms with Gasteiger partial charge in [-0.3, -0.25) is 0 Å². The lowest BCUT2D eigenvalue weighted by Gasteiger charge is -2.00. The number of hydrogen-bond donors (Lipinski definition) is 3. The first-order valence-electron chi connectivity index (χ1n) is 2.55. The van der Waals surface area contributed by atoms with Crippen LogP contribution < -0.4 is 11.1 Å². The van der Waals surface area contributed by atoms with E-state index in [1.165, 1.54) is 6.20 Å². The Kier molecular flexibility index (Phi) is 4.07. The van der Waals surface area contributed by atoms with E-state index in [0.717, 1.165) is 0 Å². The van der Waals surface area contributed by atoms with Gasteiger partial charge in [-0.1, -0.05) is 0 Å². The zero-order valence-electron chi connectivity index (χ0n) is 4.96. The molecule has 3 nitrogen and oxygen atoms in total. The molecule has 0 aliphatic rings. The maximum atomic E-state index is 8.64. The summed E-state index contributed by atoms with van der Waals surface area (Å²) in [4.78, 5) is 0. The average Bonchev–Trinajstić information content (AvgIpc) is 1.66. The van der Waals surface area contributed by atoms with Crippen LogP contribution in [0.3, 0.4) is 0 Å². The molecule has 0 saturated carbocycles. The molecule has 0 bridgehead atoms. The van der Waals surface area contributed by atoms with Crippen LogP contribution in [0.5, 0.6) is 0 Å². The maximum Gasteiger partial charge on any atom is 0.0684 e. The molecular weight excluding hydrogens is 104 g/mol. The molecule has 0 aromatic rings. The van der Waals surface area contributed by atoms with Crippen LogP contribution in [-0.4, -0.2) is 17.8 Å². The minimum atomic E-state index is -0.314. The molecule has 0 aromatic heterocycles. The Morgan fingerprint density at radius 2 is 2.50 bits per heavy atom. The van der Waals surface area contributed by atoms with E-state index in [1.54, 1.807) is 13.1 Å². The Morgan fingerprint density at radius 3 is 2.88 bits per heavy atom. The summed E-state index contributed by atoms with van der Waals surface area (Å²) in [5.74, 6) is 0. The fourth-order valence-corrected chi connectivity index (χ4v) is 0.307. The summed E-state index contributed by atoms with van der Waals surface area (Å²) in [5.41, 5.74) is 4.99. The van der Waals surface area contributed by atoms with E-state index in [1.807, 2.05) is 0 Å². The van der Waals surface area contributed by atoms with Gasteiger partial charge in [0.25, 0.3) is 0 Å². The second-order valence-electron chi connectivity index (χ2n) is 1.62. The van der Waals surface area contributed by atoms with Crippen molar-refractivity contribution < 1.29 is 5.11 Å². The summed E-state index contributed by atoms with van der Waals surface area (Å²) in [6.45, 7) is 2.26. The van der Waals surface area contributed by atoms with Crippen molar-refractivity contribution in [3.8, 4) is 0 Å². The molecule has 0 saturated heterocycles. The van der Waals surface area contributed by atoms with E-state index in [9.17, 15) is 0 Å². The Hall–Kier alpha value is -0.700. The predicted molar refractivity (Wildman–Crippen MR) is 33.0 cm³/mol. The first-order valence-corrected chi connectivity index (χ1v) is 2.55. The molecule has 8 heavy (non-hydrogen) atoms. The van der Waals surface area contributed by atoms with Crippen LogP contribution in [0.2, 0.25) is 0 Å². The molecule has 0 spiro atoms. The van der Waals surface area contributed by atoms with E-state index in [-0.39, 0.29) is 6.10 Å². The number of hydrogen-bond acceptors (Lipinski definition) is 3. The molecule has 0 fully saturated rings. The molecule has 0 radical (unpaired) electrons. The van der Waals surface area contributed by atoms with Crippen molar-refractivity contribution in [1.82, 2.24) is 5.32 Å². The highest BCUT2D eigenvalue weighted by Gasteiger charge is 1.87. The van der Waals surface area contributed by atoms with Gasteiger partial charge in [0.15, 0.2) is 0 Å². The molecule has 0 amide bonds. The van der Waals surface area contributed by atoms with Crippen molar-refractivity contribution in [3.63, 3.8) is 0 Å². The number of nitrogens with one attached hydrogen (secondary N) is 1. The highest BCUT2D eigenvalue weighted by Crippen LogP contribution is 1.72. The first kappa shape index (κ1) is 7.30. The van der Waals surface area contributed by atoms with Gasteiger partial charge < -0.3 is 16.2 Å². The first-order chi connectivity index (χ1) is 3.77. The van der Waals surface area contributed by atoms with Crippen LogP contribution in [0.1, 0.15) is 6.92 Å². The second kappa shape index (κ2) is 4.46.